The Morgan fingerprint density at radius 3 is 2.03 bits per heavy atom. The molecular weight excluding hydrogens is 791 g/mol. The number of carbonyl (C=O) groups is 5. The van der Waals surface area contributed by atoms with E-state index in [2.05, 4.69) is 20.9 Å². The molecule has 0 radical (unpaired) electrons. The number of aliphatic carboxylic acids is 1. The standard InChI is InChI=1S/C47H65N7O8/c1-8-48-41(55)16-17-42(56)49-18-10-20-53(21-11-19-52(4)5)45(58)32-14-15-37(35(27-32)29(2)3)54-38(43-39(61-6)12-9-13-40(43)62-7)28-36(51-54)44(57)50-47(46(59)60)33-23-30-22-31(25-33)26-34(47)24-30/h9,12-15,27-31,33-34H,8,10-11,16-26H2,1-7H3,(H,48,55)(H,49,56)(H,50,57)(H,59,60). The number of aromatic nitrogens is 2. The Labute approximate surface area is 365 Å². The molecule has 7 rings (SSSR count). The summed E-state index contributed by atoms with van der Waals surface area (Å²) in [5.41, 5.74) is 1.68. The topological polar surface area (TPSA) is 184 Å². The van der Waals surface area contributed by atoms with Gasteiger partial charge in [0.05, 0.1) is 31.2 Å². The summed E-state index contributed by atoms with van der Waals surface area (Å²) < 4.78 is 13.3. The van der Waals surface area contributed by atoms with Gasteiger partial charge in [0, 0.05) is 44.6 Å². The average molecular weight is 856 g/mol. The molecule has 62 heavy (non-hydrogen) atoms. The van der Waals surface area contributed by atoms with E-state index in [-0.39, 0.29) is 54.0 Å². The van der Waals surface area contributed by atoms with Crippen LogP contribution >= 0.6 is 0 Å². The Balaban J connectivity index is 1.32. The highest BCUT2D eigenvalue weighted by atomic mass is 16.5. The second kappa shape index (κ2) is 20.2. The zero-order valence-corrected chi connectivity index (χ0v) is 37.4. The number of hydrogen-bond donors (Lipinski definition) is 4. The lowest BCUT2D eigenvalue weighted by molar-refractivity contribution is -0.163. The van der Waals surface area contributed by atoms with Crippen LogP contribution in [0.15, 0.2) is 42.5 Å². The Morgan fingerprint density at radius 1 is 0.855 bits per heavy atom. The predicted molar refractivity (Wildman–Crippen MR) is 236 cm³/mol. The maximum absolute atomic E-state index is 14.5. The highest BCUT2D eigenvalue weighted by Crippen LogP contribution is 2.58. The van der Waals surface area contributed by atoms with Crippen molar-refractivity contribution in [3.8, 4) is 28.4 Å². The molecule has 4 aliphatic carbocycles. The first-order valence-corrected chi connectivity index (χ1v) is 22.2. The van der Waals surface area contributed by atoms with Crippen molar-refractivity contribution in [2.24, 2.45) is 23.7 Å². The molecule has 1 aromatic heterocycles. The van der Waals surface area contributed by atoms with E-state index < -0.39 is 17.4 Å². The molecule has 3 aromatic rings. The van der Waals surface area contributed by atoms with E-state index >= 15 is 0 Å². The van der Waals surface area contributed by atoms with Crippen LogP contribution in [-0.2, 0) is 14.4 Å². The first-order chi connectivity index (χ1) is 29.7. The summed E-state index contributed by atoms with van der Waals surface area (Å²) in [6.07, 6.45) is 5.83. The highest BCUT2D eigenvalue weighted by Gasteiger charge is 2.62. The molecule has 336 valence electrons. The maximum Gasteiger partial charge on any atom is 0.330 e. The molecule has 4 bridgehead atoms. The lowest BCUT2D eigenvalue weighted by atomic mass is 9.48. The molecule has 4 saturated carbocycles. The first kappa shape index (κ1) is 46.1. The molecule has 2 aromatic carbocycles. The molecular formula is C47H65N7O8. The fourth-order valence-electron chi connectivity index (χ4n) is 10.3. The lowest BCUT2D eigenvalue weighted by Crippen LogP contribution is -2.70. The molecule has 15 nitrogen and oxygen atoms in total. The fraction of sp³-hybridized carbons (Fsp3) is 0.574. The summed E-state index contributed by atoms with van der Waals surface area (Å²) in [5.74, 6) is -0.446. The van der Waals surface area contributed by atoms with Gasteiger partial charge >= 0.3 is 5.97 Å². The van der Waals surface area contributed by atoms with Crippen molar-refractivity contribution in [3.05, 3.63) is 59.3 Å². The van der Waals surface area contributed by atoms with Crippen LogP contribution in [0, 0.1) is 23.7 Å². The van der Waals surface area contributed by atoms with E-state index in [9.17, 15) is 29.1 Å². The largest absolute Gasteiger partial charge is 0.496 e. The number of carbonyl (C=O) groups excluding carboxylic acids is 4. The molecule has 0 spiro atoms. The smallest absolute Gasteiger partial charge is 0.330 e. The normalized spacial score (nSPS) is 21.2. The van der Waals surface area contributed by atoms with Gasteiger partial charge < -0.3 is 40.3 Å². The van der Waals surface area contributed by atoms with Gasteiger partial charge in [0.15, 0.2) is 5.69 Å². The number of carboxylic acids is 1. The molecule has 4 N–H and O–H groups in total. The summed E-state index contributed by atoms with van der Waals surface area (Å²) in [6, 6.07) is 12.6. The van der Waals surface area contributed by atoms with Crippen LogP contribution in [0.5, 0.6) is 11.5 Å². The van der Waals surface area contributed by atoms with Crippen LogP contribution < -0.4 is 25.4 Å². The number of nitrogens with one attached hydrogen (secondary N) is 3. The van der Waals surface area contributed by atoms with Gasteiger partial charge in [-0.3, -0.25) is 19.2 Å². The Morgan fingerprint density at radius 2 is 1.47 bits per heavy atom. The minimum Gasteiger partial charge on any atom is -0.496 e. The number of hydrogen-bond acceptors (Lipinski definition) is 9. The lowest BCUT2D eigenvalue weighted by Gasteiger charge is -2.59. The van der Waals surface area contributed by atoms with Gasteiger partial charge in [-0.15, -0.1) is 0 Å². The number of ether oxygens (including phenoxy) is 2. The number of amides is 4. The van der Waals surface area contributed by atoms with Crippen molar-refractivity contribution in [3.63, 3.8) is 0 Å². The Bertz CT molecular complexity index is 2060. The third kappa shape index (κ3) is 9.93. The molecule has 4 aliphatic rings. The zero-order chi connectivity index (χ0) is 44.7. The van der Waals surface area contributed by atoms with E-state index in [1.165, 1.54) is 0 Å². The number of rotatable bonds is 21. The van der Waals surface area contributed by atoms with Crippen molar-refractivity contribution < 1.29 is 38.6 Å². The summed E-state index contributed by atoms with van der Waals surface area (Å²) in [4.78, 5) is 70.2. The van der Waals surface area contributed by atoms with Gasteiger partial charge in [0.25, 0.3) is 11.8 Å². The van der Waals surface area contributed by atoms with E-state index in [1.54, 1.807) is 43.2 Å². The molecule has 4 amide bonds. The third-order valence-corrected chi connectivity index (χ3v) is 13.1. The van der Waals surface area contributed by atoms with Crippen molar-refractivity contribution in [1.29, 1.82) is 0 Å². The van der Waals surface area contributed by atoms with Crippen LogP contribution in [0.2, 0.25) is 0 Å². The molecule has 15 heteroatoms. The second-order valence-corrected chi connectivity index (χ2v) is 17.8. The number of methoxy groups -OCH3 is 2. The Hall–Kier alpha value is -5.44. The summed E-state index contributed by atoms with van der Waals surface area (Å²) in [5, 5.41) is 24.4. The van der Waals surface area contributed by atoms with E-state index in [4.69, 9.17) is 14.6 Å². The van der Waals surface area contributed by atoms with Crippen molar-refractivity contribution in [2.75, 3.05) is 61.0 Å². The van der Waals surface area contributed by atoms with Crippen molar-refractivity contribution in [2.45, 2.75) is 90.0 Å². The van der Waals surface area contributed by atoms with Crippen LogP contribution in [0.1, 0.15) is 111 Å². The maximum atomic E-state index is 14.5. The first-order valence-electron chi connectivity index (χ1n) is 22.2. The van der Waals surface area contributed by atoms with E-state index in [0.717, 1.165) is 50.6 Å². The van der Waals surface area contributed by atoms with Gasteiger partial charge in [-0.2, -0.15) is 5.10 Å². The summed E-state index contributed by atoms with van der Waals surface area (Å²) in [7, 11) is 7.09. The average Bonchev–Trinajstić information content (AvgIpc) is 3.69. The molecule has 1 heterocycles. The molecule has 0 saturated heterocycles. The summed E-state index contributed by atoms with van der Waals surface area (Å²) in [6.45, 7) is 8.48. The third-order valence-electron chi connectivity index (χ3n) is 13.1. The fourth-order valence-corrected chi connectivity index (χ4v) is 10.3. The van der Waals surface area contributed by atoms with Crippen molar-refractivity contribution >= 4 is 29.6 Å². The van der Waals surface area contributed by atoms with Gasteiger partial charge in [-0.1, -0.05) is 19.9 Å². The number of nitrogens with zero attached hydrogens (tertiary/aromatic N) is 4. The van der Waals surface area contributed by atoms with Crippen LogP contribution in [0.4, 0.5) is 0 Å². The molecule has 0 unspecified atom stereocenters. The van der Waals surface area contributed by atoms with Gasteiger partial charge in [0.2, 0.25) is 11.8 Å². The minimum absolute atomic E-state index is 0.0561. The minimum atomic E-state index is -1.36. The SMILES string of the molecule is CCNC(=O)CCC(=O)NCCCN(CCCN(C)C)C(=O)c1ccc(-n2nc(C(=O)NC3(C(=O)O)C4CC5CC(C4)CC3C5)cc2-c2c(OC)cccc2OC)c(C(C)C)c1. The van der Waals surface area contributed by atoms with Crippen LogP contribution in [0.3, 0.4) is 0 Å². The van der Waals surface area contributed by atoms with Crippen molar-refractivity contribution in [1.82, 2.24) is 35.5 Å². The highest BCUT2D eigenvalue weighted by molar-refractivity contribution is 5.98. The van der Waals surface area contributed by atoms with Crippen LogP contribution in [-0.4, -0.2) is 121 Å². The quantitative estimate of drug-likeness (QED) is 0.0998. The van der Waals surface area contributed by atoms with E-state index in [1.807, 2.05) is 58.0 Å². The molecule has 4 fully saturated rings. The molecule has 0 aliphatic heterocycles. The Kier molecular flexibility index (Phi) is 15.0. The number of benzene rings is 2. The monoisotopic (exact) mass is 855 g/mol. The predicted octanol–water partition coefficient (Wildman–Crippen LogP) is 5.51. The van der Waals surface area contributed by atoms with Crippen LogP contribution in [0.25, 0.3) is 16.9 Å². The zero-order valence-electron chi connectivity index (χ0n) is 37.4. The number of carboxylic acid groups (broad SMARTS) is 1. The second-order valence-electron chi connectivity index (χ2n) is 17.8. The van der Waals surface area contributed by atoms with Gasteiger partial charge in [0.1, 0.15) is 17.0 Å². The van der Waals surface area contributed by atoms with E-state index in [0.29, 0.717) is 78.4 Å². The molecule has 0 atom stereocenters. The van der Waals surface area contributed by atoms with Gasteiger partial charge in [-0.25, -0.2) is 9.48 Å². The summed E-state index contributed by atoms with van der Waals surface area (Å²) >= 11 is 0. The van der Waals surface area contributed by atoms with Gasteiger partial charge in [-0.05, 0) is 144 Å².